The van der Waals surface area contributed by atoms with Crippen LogP contribution < -0.4 is 5.32 Å². The van der Waals surface area contributed by atoms with E-state index in [2.05, 4.69) is 26.9 Å². The van der Waals surface area contributed by atoms with Crippen molar-refractivity contribution in [2.24, 2.45) is 0 Å². The molecule has 1 atom stereocenters. The summed E-state index contributed by atoms with van der Waals surface area (Å²) < 4.78 is 7.13. The van der Waals surface area contributed by atoms with E-state index in [0.717, 1.165) is 30.8 Å². The summed E-state index contributed by atoms with van der Waals surface area (Å²) in [5, 5.41) is 14.4. The molecule has 0 spiro atoms. The Balaban J connectivity index is 1.58. The van der Waals surface area contributed by atoms with E-state index in [1.165, 1.54) is 0 Å². The van der Waals surface area contributed by atoms with Gasteiger partial charge >= 0.3 is 0 Å². The first-order valence-electron chi connectivity index (χ1n) is 6.29. The SMILES string of the molecule is C1=COC(CNc2ccc(-n3cnnn3)cc2)CC1. The summed E-state index contributed by atoms with van der Waals surface area (Å²) in [4.78, 5) is 0. The Morgan fingerprint density at radius 2 is 2.21 bits per heavy atom. The van der Waals surface area contributed by atoms with Crippen LogP contribution in [0.5, 0.6) is 0 Å². The van der Waals surface area contributed by atoms with Gasteiger partial charge in [-0.1, -0.05) is 0 Å². The summed E-state index contributed by atoms with van der Waals surface area (Å²) >= 11 is 0. The van der Waals surface area contributed by atoms with Crippen molar-refractivity contribution in [2.45, 2.75) is 18.9 Å². The largest absolute Gasteiger partial charge is 0.497 e. The summed E-state index contributed by atoms with van der Waals surface area (Å²) in [7, 11) is 0. The van der Waals surface area contributed by atoms with Gasteiger partial charge in [-0.3, -0.25) is 0 Å². The number of nitrogens with zero attached hydrogens (tertiary/aromatic N) is 4. The number of benzene rings is 1. The highest BCUT2D eigenvalue weighted by Crippen LogP contribution is 2.14. The summed E-state index contributed by atoms with van der Waals surface area (Å²) in [5.74, 6) is 0. The number of rotatable bonds is 4. The third kappa shape index (κ3) is 2.90. The molecule has 6 nitrogen and oxygen atoms in total. The number of nitrogens with one attached hydrogen (secondary N) is 1. The number of allylic oxidation sites excluding steroid dienone is 1. The molecule has 2 heterocycles. The zero-order chi connectivity index (χ0) is 12.9. The Bertz CT molecular complexity index is 535. The van der Waals surface area contributed by atoms with Gasteiger partial charge in [0.1, 0.15) is 12.4 Å². The molecular weight excluding hydrogens is 242 g/mol. The molecule has 1 N–H and O–H groups in total. The summed E-state index contributed by atoms with van der Waals surface area (Å²) in [5.41, 5.74) is 2.00. The molecule has 1 aromatic carbocycles. The van der Waals surface area contributed by atoms with Crippen LogP contribution >= 0.6 is 0 Å². The van der Waals surface area contributed by atoms with Gasteiger partial charge in [-0.15, -0.1) is 5.10 Å². The maximum Gasteiger partial charge on any atom is 0.143 e. The van der Waals surface area contributed by atoms with Crippen molar-refractivity contribution < 1.29 is 4.74 Å². The first kappa shape index (κ1) is 11.7. The summed E-state index contributed by atoms with van der Waals surface area (Å²) in [6.45, 7) is 0.814. The number of aromatic nitrogens is 4. The van der Waals surface area contributed by atoms with Crippen molar-refractivity contribution in [3.8, 4) is 5.69 Å². The van der Waals surface area contributed by atoms with Gasteiger partial charge in [-0.25, -0.2) is 4.68 Å². The van der Waals surface area contributed by atoms with Gasteiger partial charge in [0.15, 0.2) is 0 Å². The molecule has 1 unspecified atom stereocenters. The van der Waals surface area contributed by atoms with E-state index in [1.807, 2.05) is 24.3 Å². The van der Waals surface area contributed by atoms with E-state index in [1.54, 1.807) is 17.3 Å². The van der Waals surface area contributed by atoms with Crippen LogP contribution in [0.2, 0.25) is 0 Å². The quantitative estimate of drug-likeness (QED) is 0.904. The molecule has 3 rings (SSSR count). The number of tetrazole rings is 1. The van der Waals surface area contributed by atoms with E-state index < -0.39 is 0 Å². The molecule has 0 amide bonds. The standard InChI is InChI=1S/C13H15N5O/c1-2-8-19-13(3-1)9-14-11-4-6-12(7-5-11)18-10-15-16-17-18/h2,4-8,10,13-14H,1,3,9H2. The minimum absolute atomic E-state index is 0.254. The molecule has 1 aliphatic heterocycles. The molecule has 98 valence electrons. The van der Waals surface area contributed by atoms with Crippen LogP contribution in [0.25, 0.3) is 5.69 Å². The molecule has 6 heteroatoms. The fourth-order valence-electron chi connectivity index (χ4n) is 1.98. The molecule has 0 bridgehead atoms. The second kappa shape index (κ2) is 5.51. The smallest absolute Gasteiger partial charge is 0.143 e. The highest BCUT2D eigenvalue weighted by atomic mass is 16.5. The highest BCUT2D eigenvalue weighted by molar-refractivity contribution is 5.48. The predicted molar refractivity (Wildman–Crippen MR) is 70.9 cm³/mol. The zero-order valence-electron chi connectivity index (χ0n) is 10.4. The molecule has 0 saturated heterocycles. The van der Waals surface area contributed by atoms with E-state index in [9.17, 15) is 0 Å². The molecular formula is C13H15N5O. The van der Waals surface area contributed by atoms with E-state index in [0.29, 0.717) is 0 Å². The van der Waals surface area contributed by atoms with Crippen molar-refractivity contribution >= 4 is 5.69 Å². The van der Waals surface area contributed by atoms with E-state index in [4.69, 9.17) is 4.74 Å². The fraction of sp³-hybridized carbons (Fsp3) is 0.308. The van der Waals surface area contributed by atoms with Crippen LogP contribution in [-0.2, 0) is 4.74 Å². The molecule has 0 radical (unpaired) electrons. The minimum atomic E-state index is 0.254. The lowest BCUT2D eigenvalue weighted by Gasteiger charge is -2.20. The monoisotopic (exact) mass is 257 g/mol. The van der Waals surface area contributed by atoms with Gasteiger partial charge in [0.05, 0.1) is 18.5 Å². The van der Waals surface area contributed by atoms with Crippen molar-refractivity contribution in [3.05, 3.63) is 42.9 Å². The first-order valence-corrected chi connectivity index (χ1v) is 6.29. The lowest BCUT2D eigenvalue weighted by atomic mass is 10.1. The Labute approximate surface area is 111 Å². The second-order valence-corrected chi connectivity index (χ2v) is 4.39. The lowest BCUT2D eigenvalue weighted by Crippen LogP contribution is -2.22. The molecule has 0 fully saturated rings. The van der Waals surface area contributed by atoms with Crippen molar-refractivity contribution in [3.63, 3.8) is 0 Å². The van der Waals surface area contributed by atoms with Gasteiger partial charge in [-0.05, 0) is 53.6 Å². The Kier molecular flexibility index (Phi) is 3.40. The molecule has 2 aromatic rings. The zero-order valence-corrected chi connectivity index (χ0v) is 10.4. The van der Waals surface area contributed by atoms with E-state index in [-0.39, 0.29) is 6.10 Å². The number of hydrogen-bond acceptors (Lipinski definition) is 5. The molecule has 0 saturated carbocycles. The number of anilines is 1. The van der Waals surface area contributed by atoms with Crippen molar-refractivity contribution in [1.29, 1.82) is 0 Å². The van der Waals surface area contributed by atoms with E-state index >= 15 is 0 Å². The highest BCUT2D eigenvalue weighted by Gasteiger charge is 2.10. The number of hydrogen-bond donors (Lipinski definition) is 1. The molecule has 0 aliphatic carbocycles. The Morgan fingerprint density at radius 3 is 2.89 bits per heavy atom. The minimum Gasteiger partial charge on any atom is -0.497 e. The molecule has 19 heavy (non-hydrogen) atoms. The van der Waals surface area contributed by atoms with Gasteiger partial charge in [-0.2, -0.15) is 0 Å². The van der Waals surface area contributed by atoms with Crippen molar-refractivity contribution in [1.82, 2.24) is 20.2 Å². The first-order chi connectivity index (χ1) is 9.42. The average molecular weight is 257 g/mol. The topological polar surface area (TPSA) is 64.9 Å². The third-order valence-electron chi connectivity index (χ3n) is 3.04. The van der Waals surface area contributed by atoms with Crippen LogP contribution in [0.4, 0.5) is 5.69 Å². The van der Waals surface area contributed by atoms with Gasteiger partial charge < -0.3 is 10.1 Å². The van der Waals surface area contributed by atoms with Gasteiger partial charge in [0.2, 0.25) is 0 Å². The average Bonchev–Trinajstić information content (AvgIpc) is 3.01. The third-order valence-corrected chi connectivity index (χ3v) is 3.04. The molecule has 1 aromatic heterocycles. The lowest BCUT2D eigenvalue weighted by molar-refractivity contribution is 0.135. The van der Waals surface area contributed by atoms with Crippen LogP contribution in [-0.4, -0.2) is 32.9 Å². The summed E-state index contributed by atoms with van der Waals surface area (Å²) in [6, 6.07) is 7.96. The Morgan fingerprint density at radius 1 is 1.32 bits per heavy atom. The number of ether oxygens (including phenoxy) is 1. The second-order valence-electron chi connectivity index (χ2n) is 4.39. The fourth-order valence-corrected chi connectivity index (χ4v) is 1.98. The van der Waals surface area contributed by atoms with Gasteiger partial charge in [0.25, 0.3) is 0 Å². The normalized spacial score (nSPS) is 18.0. The maximum absolute atomic E-state index is 5.51. The van der Waals surface area contributed by atoms with Crippen LogP contribution in [0.15, 0.2) is 42.9 Å². The molecule has 1 aliphatic rings. The van der Waals surface area contributed by atoms with Crippen LogP contribution in [0.3, 0.4) is 0 Å². The van der Waals surface area contributed by atoms with Crippen LogP contribution in [0.1, 0.15) is 12.8 Å². The predicted octanol–water partition coefficient (Wildman–Crippen LogP) is 1.77. The van der Waals surface area contributed by atoms with Crippen LogP contribution in [0, 0.1) is 0 Å². The summed E-state index contributed by atoms with van der Waals surface area (Å²) in [6.07, 6.45) is 7.82. The van der Waals surface area contributed by atoms with Gasteiger partial charge in [0, 0.05) is 5.69 Å². The van der Waals surface area contributed by atoms with Crippen molar-refractivity contribution in [2.75, 3.05) is 11.9 Å². The maximum atomic E-state index is 5.51. The Hall–Kier alpha value is -2.37.